The molecule has 0 saturated carbocycles. The zero-order valence-electron chi connectivity index (χ0n) is 19.2. The van der Waals surface area contributed by atoms with Crippen molar-refractivity contribution in [3.63, 3.8) is 0 Å². The van der Waals surface area contributed by atoms with Crippen molar-refractivity contribution in [3.8, 4) is 11.5 Å². The lowest BCUT2D eigenvalue weighted by Gasteiger charge is -2.32. The van der Waals surface area contributed by atoms with E-state index in [-0.39, 0.29) is 17.1 Å². The molecule has 1 aromatic carbocycles. The lowest BCUT2D eigenvalue weighted by Crippen LogP contribution is -2.19. The van der Waals surface area contributed by atoms with E-state index in [1.165, 1.54) is 42.6 Å². The van der Waals surface area contributed by atoms with Gasteiger partial charge in [-0.2, -0.15) is 0 Å². The van der Waals surface area contributed by atoms with Crippen molar-refractivity contribution >= 4 is 21.1 Å². The lowest BCUT2D eigenvalue weighted by molar-refractivity contribution is -0.112. The Morgan fingerprint density at radius 3 is 2.61 bits per heavy atom. The van der Waals surface area contributed by atoms with Crippen molar-refractivity contribution in [2.75, 3.05) is 5.32 Å². The highest BCUT2D eigenvalue weighted by Gasteiger charge is 2.26. The van der Waals surface area contributed by atoms with Gasteiger partial charge in [-0.05, 0) is 68.7 Å². The molecule has 31 heavy (non-hydrogen) atoms. The van der Waals surface area contributed by atoms with Crippen LogP contribution in [-0.2, 0) is 4.79 Å². The molecule has 1 aliphatic carbocycles. The standard InChI is InChI=1S/C26H34NO3P/c1-18(11-13-22-20(3)10-7-15-26(22,4)5)8-6-9-19(2)16-25(29)27-23-14-12-21(30-31)17-24(23)28/h6,8-9,11-14,16-17,28H,7,10,15,31H2,1-5H3,(H,27,29). The smallest absolute Gasteiger partial charge is 0.248 e. The van der Waals surface area contributed by atoms with Gasteiger partial charge in [-0.15, -0.1) is 0 Å². The third-order valence-corrected chi connectivity index (χ3v) is 5.77. The van der Waals surface area contributed by atoms with E-state index < -0.39 is 0 Å². The molecule has 166 valence electrons. The fourth-order valence-electron chi connectivity index (χ4n) is 3.75. The van der Waals surface area contributed by atoms with Crippen molar-refractivity contribution in [2.24, 2.45) is 5.41 Å². The van der Waals surface area contributed by atoms with Crippen molar-refractivity contribution in [1.29, 1.82) is 0 Å². The monoisotopic (exact) mass is 439 g/mol. The van der Waals surface area contributed by atoms with Crippen LogP contribution < -0.4 is 9.84 Å². The van der Waals surface area contributed by atoms with E-state index in [1.54, 1.807) is 12.1 Å². The second-order valence-electron chi connectivity index (χ2n) is 8.71. The van der Waals surface area contributed by atoms with Crippen LogP contribution in [0.15, 0.2) is 76.9 Å². The predicted octanol–water partition coefficient (Wildman–Crippen LogP) is 7.03. The zero-order chi connectivity index (χ0) is 23.0. The Balaban J connectivity index is 1.98. The van der Waals surface area contributed by atoms with Gasteiger partial charge in [0.05, 0.1) is 15.2 Å². The predicted molar refractivity (Wildman–Crippen MR) is 133 cm³/mol. The molecule has 1 unspecified atom stereocenters. The molecule has 0 bridgehead atoms. The van der Waals surface area contributed by atoms with Gasteiger partial charge in [0, 0.05) is 12.1 Å². The molecule has 1 amide bonds. The summed E-state index contributed by atoms with van der Waals surface area (Å²) in [6.07, 6.45) is 15.4. The number of benzene rings is 1. The van der Waals surface area contributed by atoms with Gasteiger partial charge in [0.1, 0.15) is 11.5 Å². The fourth-order valence-corrected chi connectivity index (χ4v) is 3.89. The van der Waals surface area contributed by atoms with E-state index in [9.17, 15) is 9.90 Å². The maximum absolute atomic E-state index is 12.2. The summed E-state index contributed by atoms with van der Waals surface area (Å²) in [5.74, 6) is 0.135. The van der Waals surface area contributed by atoms with Crippen LogP contribution in [0.1, 0.15) is 53.9 Å². The van der Waals surface area contributed by atoms with E-state index in [4.69, 9.17) is 4.52 Å². The fraction of sp³-hybridized carbons (Fsp3) is 0.346. The van der Waals surface area contributed by atoms with Gasteiger partial charge < -0.3 is 14.9 Å². The number of hydrogen-bond acceptors (Lipinski definition) is 3. The summed E-state index contributed by atoms with van der Waals surface area (Å²) in [4.78, 5) is 12.2. The van der Waals surface area contributed by atoms with Gasteiger partial charge in [0.25, 0.3) is 0 Å². The van der Waals surface area contributed by atoms with E-state index in [1.807, 2.05) is 25.2 Å². The summed E-state index contributed by atoms with van der Waals surface area (Å²) in [5, 5.41) is 12.6. The molecule has 0 saturated heterocycles. The number of nitrogens with one attached hydrogen (secondary N) is 1. The third-order valence-electron chi connectivity index (χ3n) is 5.50. The number of aromatic hydroxyl groups is 1. The highest BCUT2D eigenvalue weighted by atomic mass is 31.0. The molecule has 0 radical (unpaired) electrons. The maximum Gasteiger partial charge on any atom is 0.248 e. The minimum absolute atomic E-state index is 0.0493. The van der Waals surface area contributed by atoms with Gasteiger partial charge in [0.15, 0.2) is 0 Å². The molecule has 1 aromatic rings. The number of amides is 1. The van der Waals surface area contributed by atoms with Gasteiger partial charge >= 0.3 is 0 Å². The summed E-state index contributed by atoms with van der Waals surface area (Å²) < 4.78 is 4.96. The zero-order valence-corrected chi connectivity index (χ0v) is 20.3. The minimum atomic E-state index is -0.306. The van der Waals surface area contributed by atoms with Crippen molar-refractivity contribution < 1.29 is 14.4 Å². The minimum Gasteiger partial charge on any atom is -0.506 e. The molecular weight excluding hydrogens is 405 g/mol. The summed E-state index contributed by atoms with van der Waals surface area (Å²) >= 11 is 0. The first-order valence-electron chi connectivity index (χ1n) is 10.5. The van der Waals surface area contributed by atoms with Crippen molar-refractivity contribution in [3.05, 3.63) is 76.9 Å². The normalized spacial score (nSPS) is 17.5. The lowest BCUT2D eigenvalue weighted by atomic mass is 9.72. The van der Waals surface area contributed by atoms with Gasteiger partial charge in [-0.25, -0.2) is 0 Å². The van der Waals surface area contributed by atoms with Crippen LogP contribution in [-0.4, -0.2) is 11.0 Å². The van der Waals surface area contributed by atoms with Crippen LogP contribution in [0, 0.1) is 5.41 Å². The van der Waals surface area contributed by atoms with Crippen LogP contribution >= 0.6 is 9.47 Å². The Hall–Kier alpha value is -2.58. The SMILES string of the molecule is CC(C=CC1=C(C)CCCC1(C)C)=CC=CC(C)=CC(=O)Nc1ccc(OP)cc1O. The number of hydrogen-bond donors (Lipinski definition) is 2. The number of allylic oxidation sites excluding steroid dienone is 9. The third kappa shape index (κ3) is 7.56. The Morgan fingerprint density at radius 2 is 1.97 bits per heavy atom. The first kappa shape index (κ1) is 24.7. The number of carbonyl (C=O) groups is 1. The van der Waals surface area contributed by atoms with E-state index in [0.717, 1.165) is 11.1 Å². The summed E-state index contributed by atoms with van der Waals surface area (Å²) in [6.45, 7) is 10.8. The van der Waals surface area contributed by atoms with Gasteiger partial charge in [-0.1, -0.05) is 55.4 Å². The molecule has 0 aromatic heterocycles. The average Bonchev–Trinajstić information content (AvgIpc) is 2.68. The molecule has 1 atom stereocenters. The van der Waals surface area contributed by atoms with E-state index >= 15 is 0 Å². The highest BCUT2D eigenvalue weighted by Crippen LogP contribution is 2.40. The molecule has 0 fully saturated rings. The number of rotatable bonds is 7. The van der Waals surface area contributed by atoms with Gasteiger partial charge in [0.2, 0.25) is 5.91 Å². The van der Waals surface area contributed by atoms with Crippen LogP contribution in [0.3, 0.4) is 0 Å². The molecule has 2 rings (SSSR count). The topological polar surface area (TPSA) is 58.6 Å². The van der Waals surface area contributed by atoms with Crippen LogP contribution in [0.5, 0.6) is 11.5 Å². The second kappa shape index (κ2) is 11.2. The van der Waals surface area contributed by atoms with Crippen LogP contribution in [0.2, 0.25) is 0 Å². The van der Waals surface area contributed by atoms with Crippen molar-refractivity contribution in [1.82, 2.24) is 0 Å². The first-order valence-corrected chi connectivity index (χ1v) is 11.0. The van der Waals surface area contributed by atoms with Crippen LogP contribution in [0.4, 0.5) is 5.69 Å². The Labute approximate surface area is 188 Å². The Bertz CT molecular complexity index is 965. The molecule has 4 nitrogen and oxygen atoms in total. The van der Waals surface area contributed by atoms with Crippen LogP contribution in [0.25, 0.3) is 0 Å². The van der Waals surface area contributed by atoms with E-state index in [2.05, 4.69) is 54.6 Å². The second-order valence-corrected chi connectivity index (χ2v) is 8.94. The molecule has 0 spiro atoms. The number of anilines is 1. The summed E-state index contributed by atoms with van der Waals surface area (Å²) in [6, 6.07) is 4.69. The molecule has 0 aliphatic heterocycles. The first-order chi connectivity index (χ1) is 14.6. The number of phenolic OH excluding ortho intramolecular Hbond substituents is 1. The molecule has 0 heterocycles. The Kier molecular flexibility index (Phi) is 8.88. The van der Waals surface area contributed by atoms with Gasteiger partial charge in [-0.3, -0.25) is 4.79 Å². The molecule has 2 N–H and O–H groups in total. The number of carbonyl (C=O) groups excluding carboxylic acids is 1. The summed E-state index contributed by atoms with van der Waals surface area (Å²) in [5.41, 5.74) is 5.46. The molecular formula is C26H34NO3P. The van der Waals surface area contributed by atoms with E-state index in [0.29, 0.717) is 11.4 Å². The largest absolute Gasteiger partial charge is 0.506 e. The molecule has 5 heteroatoms. The quantitative estimate of drug-likeness (QED) is 0.207. The highest BCUT2D eigenvalue weighted by molar-refractivity contribution is 7.10. The molecule has 1 aliphatic rings. The Morgan fingerprint density at radius 1 is 1.23 bits per heavy atom. The summed E-state index contributed by atoms with van der Waals surface area (Å²) in [7, 11) is 2.11. The van der Waals surface area contributed by atoms with Crippen molar-refractivity contribution in [2.45, 2.75) is 53.9 Å². The number of phenols is 1. The maximum atomic E-state index is 12.2. The average molecular weight is 440 g/mol.